The Morgan fingerprint density at radius 2 is 1.81 bits per heavy atom. The molecule has 2 aromatic carbocycles. The minimum absolute atomic E-state index is 0.0496. The second kappa shape index (κ2) is 11.5. The first-order valence-corrected chi connectivity index (χ1v) is 11.4. The van der Waals surface area contributed by atoms with E-state index in [4.69, 9.17) is 16.7 Å². The fourth-order valence-electron chi connectivity index (χ4n) is 4.46. The van der Waals surface area contributed by atoms with Crippen LogP contribution in [0.2, 0.25) is 0 Å². The lowest BCUT2D eigenvalue weighted by molar-refractivity contribution is -0.137. The van der Waals surface area contributed by atoms with Crippen LogP contribution in [0.15, 0.2) is 66.7 Å². The number of carboxylic acids is 1. The molecule has 5 atom stereocenters. The number of aliphatic hydroxyl groups excluding tert-OH is 2. The van der Waals surface area contributed by atoms with Gasteiger partial charge in [-0.2, -0.15) is 0 Å². The van der Waals surface area contributed by atoms with Crippen LogP contribution < -0.4 is 0 Å². The molecule has 0 aliphatic heterocycles. The summed E-state index contributed by atoms with van der Waals surface area (Å²) in [5.41, 5.74) is 2.98. The molecule has 3 rings (SSSR count). The van der Waals surface area contributed by atoms with Crippen LogP contribution in [0.5, 0.6) is 0 Å². The van der Waals surface area contributed by atoms with Crippen LogP contribution in [0.25, 0.3) is 0 Å². The number of hydrogen-bond acceptors (Lipinski definition) is 3. The first-order valence-electron chi connectivity index (χ1n) is 11.0. The van der Waals surface area contributed by atoms with E-state index in [1.165, 1.54) is 0 Å². The molecular weight excluding hydrogens is 412 g/mol. The van der Waals surface area contributed by atoms with Crippen LogP contribution >= 0.6 is 11.6 Å². The molecular formula is C26H31ClO4. The van der Waals surface area contributed by atoms with Gasteiger partial charge in [0.25, 0.3) is 0 Å². The zero-order chi connectivity index (χ0) is 22.2. The van der Waals surface area contributed by atoms with Crippen LogP contribution in [0.1, 0.15) is 60.8 Å². The molecule has 1 aliphatic carbocycles. The number of carbonyl (C=O) groups is 1. The summed E-state index contributed by atoms with van der Waals surface area (Å²) in [4.78, 5) is 10.6. The first-order chi connectivity index (χ1) is 15.0. The van der Waals surface area contributed by atoms with Gasteiger partial charge >= 0.3 is 5.97 Å². The van der Waals surface area contributed by atoms with E-state index >= 15 is 0 Å². The number of unbranched alkanes of at least 4 members (excludes halogenated alkanes) is 1. The minimum Gasteiger partial charge on any atom is -0.481 e. The zero-order valence-electron chi connectivity index (χ0n) is 17.6. The van der Waals surface area contributed by atoms with Crippen LogP contribution in [0, 0.1) is 5.92 Å². The van der Waals surface area contributed by atoms with E-state index in [1.807, 2.05) is 60.7 Å². The predicted molar refractivity (Wildman–Crippen MR) is 123 cm³/mol. The number of hydrogen-bond donors (Lipinski definition) is 3. The van der Waals surface area contributed by atoms with Gasteiger partial charge in [0.15, 0.2) is 0 Å². The minimum atomic E-state index is -0.773. The van der Waals surface area contributed by atoms with E-state index in [0.717, 1.165) is 29.5 Å². The summed E-state index contributed by atoms with van der Waals surface area (Å²) in [6.45, 7) is 0. The van der Waals surface area contributed by atoms with E-state index in [2.05, 4.69) is 6.08 Å². The van der Waals surface area contributed by atoms with Crippen molar-refractivity contribution in [2.45, 2.75) is 62.0 Å². The largest absolute Gasteiger partial charge is 0.481 e. The molecule has 1 fully saturated rings. The van der Waals surface area contributed by atoms with Crippen molar-refractivity contribution in [3.63, 3.8) is 0 Å². The molecule has 1 saturated carbocycles. The molecule has 31 heavy (non-hydrogen) atoms. The van der Waals surface area contributed by atoms with Gasteiger partial charge in [0.2, 0.25) is 0 Å². The van der Waals surface area contributed by atoms with Crippen molar-refractivity contribution in [1.29, 1.82) is 0 Å². The van der Waals surface area contributed by atoms with Crippen molar-refractivity contribution in [2.75, 3.05) is 0 Å². The maximum absolute atomic E-state index is 10.6. The molecule has 0 amide bonds. The van der Waals surface area contributed by atoms with Crippen molar-refractivity contribution in [1.82, 2.24) is 0 Å². The van der Waals surface area contributed by atoms with Gasteiger partial charge < -0.3 is 15.3 Å². The zero-order valence-corrected chi connectivity index (χ0v) is 18.4. The number of rotatable bonds is 10. The average Bonchev–Trinajstić information content (AvgIpc) is 3.04. The van der Waals surface area contributed by atoms with Crippen LogP contribution in [0.4, 0.5) is 0 Å². The third kappa shape index (κ3) is 6.67. The summed E-state index contributed by atoms with van der Waals surface area (Å²) in [5, 5.41) is 29.8. The van der Waals surface area contributed by atoms with Gasteiger partial charge in [-0.15, -0.1) is 11.6 Å². The van der Waals surface area contributed by atoms with Crippen LogP contribution in [-0.2, 0) is 11.2 Å². The molecule has 5 heteroatoms. The predicted octanol–water partition coefficient (Wildman–Crippen LogP) is 5.24. The fraction of sp³-hybridized carbons (Fsp3) is 0.423. The van der Waals surface area contributed by atoms with Gasteiger partial charge in [0, 0.05) is 24.1 Å². The Morgan fingerprint density at radius 1 is 1.10 bits per heavy atom. The summed E-state index contributed by atoms with van der Waals surface area (Å²) in [6, 6.07) is 17.8. The smallest absolute Gasteiger partial charge is 0.303 e. The lowest BCUT2D eigenvalue weighted by Gasteiger charge is -2.23. The molecule has 4 nitrogen and oxygen atoms in total. The fourth-order valence-corrected chi connectivity index (χ4v) is 4.91. The van der Waals surface area contributed by atoms with Crippen molar-refractivity contribution < 1.29 is 20.1 Å². The van der Waals surface area contributed by atoms with Crippen LogP contribution in [0.3, 0.4) is 0 Å². The summed E-state index contributed by atoms with van der Waals surface area (Å²) in [7, 11) is 0. The highest BCUT2D eigenvalue weighted by molar-refractivity contribution is 6.21. The van der Waals surface area contributed by atoms with Gasteiger partial charge in [-0.05, 0) is 48.3 Å². The molecule has 0 aromatic heterocycles. The van der Waals surface area contributed by atoms with E-state index in [-0.39, 0.29) is 23.6 Å². The molecule has 2 aromatic rings. The number of carboxylic acid groups (broad SMARTS) is 1. The molecule has 0 heterocycles. The molecule has 166 valence electrons. The number of benzene rings is 2. The molecule has 1 unspecified atom stereocenters. The SMILES string of the molecule is O=C(O)CCC/C=C\C[C@@H]1[C@@H](c2ccc(C(O)Cc3ccccc3)cc2)[C@H](O)C[C@@H]1Cl. The molecule has 3 N–H and O–H groups in total. The monoisotopic (exact) mass is 442 g/mol. The van der Waals surface area contributed by atoms with E-state index in [1.54, 1.807) is 0 Å². The highest BCUT2D eigenvalue weighted by atomic mass is 35.5. The number of alkyl halides is 1. The van der Waals surface area contributed by atoms with Gasteiger partial charge in [-0.3, -0.25) is 4.79 Å². The van der Waals surface area contributed by atoms with Gasteiger partial charge in [-0.1, -0.05) is 66.7 Å². The summed E-state index contributed by atoms with van der Waals surface area (Å²) in [6.07, 6.45) is 6.41. The van der Waals surface area contributed by atoms with Crippen molar-refractivity contribution in [3.8, 4) is 0 Å². The number of allylic oxidation sites excluding steroid dienone is 2. The van der Waals surface area contributed by atoms with Gasteiger partial charge in [0.05, 0.1) is 12.2 Å². The number of halogens is 1. The molecule has 0 radical (unpaired) electrons. The standard InChI is InChI=1S/C26H31ClO4/c27-22-17-24(29)26(21(22)10-6-1-2-7-11-25(30)31)20-14-12-19(13-15-20)23(28)16-18-8-4-3-5-9-18/h1,3-6,8-9,12-15,21-24,26,28-29H,2,7,10-11,16-17H2,(H,30,31)/b6-1-/t21-,22-,23?,24+,26+/m0/s1. The highest BCUT2D eigenvalue weighted by Gasteiger charge is 2.41. The lowest BCUT2D eigenvalue weighted by atomic mass is 9.84. The summed E-state index contributed by atoms with van der Waals surface area (Å²) >= 11 is 6.56. The topological polar surface area (TPSA) is 77.8 Å². The normalized spacial score (nSPS) is 24.5. The Hall–Kier alpha value is -2.14. The second-order valence-corrected chi connectivity index (χ2v) is 8.93. The summed E-state index contributed by atoms with van der Waals surface area (Å²) < 4.78 is 0. The number of aliphatic hydroxyl groups is 2. The van der Waals surface area contributed by atoms with E-state index in [0.29, 0.717) is 19.3 Å². The number of aliphatic carboxylic acids is 1. The Kier molecular flexibility index (Phi) is 8.70. The molecule has 0 saturated heterocycles. The quantitative estimate of drug-likeness (QED) is 0.267. The molecule has 1 aliphatic rings. The van der Waals surface area contributed by atoms with E-state index < -0.39 is 18.2 Å². The maximum atomic E-state index is 10.6. The lowest BCUT2D eigenvalue weighted by Crippen LogP contribution is -2.18. The van der Waals surface area contributed by atoms with Gasteiger partial charge in [-0.25, -0.2) is 0 Å². The van der Waals surface area contributed by atoms with Crippen molar-refractivity contribution in [3.05, 3.63) is 83.4 Å². The van der Waals surface area contributed by atoms with Crippen molar-refractivity contribution in [2.24, 2.45) is 5.92 Å². The Morgan fingerprint density at radius 3 is 2.48 bits per heavy atom. The Balaban J connectivity index is 1.62. The highest BCUT2D eigenvalue weighted by Crippen LogP contribution is 2.45. The first kappa shape index (κ1) is 23.5. The Bertz CT molecular complexity index is 849. The maximum Gasteiger partial charge on any atom is 0.303 e. The van der Waals surface area contributed by atoms with Crippen LogP contribution in [-0.4, -0.2) is 32.8 Å². The summed E-state index contributed by atoms with van der Waals surface area (Å²) in [5.74, 6) is -0.704. The average molecular weight is 443 g/mol. The molecule has 0 spiro atoms. The molecule has 0 bridgehead atoms. The third-order valence-electron chi connectivity index (χ3n) is 6.12. The van der Waals surface area contributed by atoms with E-state index in [9.17, 15) is 15.0 Å². The Labute approximate surface area is 189 Å². The third-order valence-corrected chi connectivity index (χ3v) is 6.62. The van der Waals surface area contributed by atoms with Crippen molar-refractivity contribution >= 4 is 17.6 Å². The second-order valence-electron chi connectivity index (χ2n) is 8.37. The van der Waals surface area contributed by atoms with Gasteiger partial charge in [0.1, 0.15) is 0 Å².